The maximum atomic E-state index is 13.7. The molecule has 2 fully saturated rings. The smallest absolute Gasteiger partial charge is 0.333 e. The van der Waals surface area contributed by atoms with Crippen molar-refractivity contribution in [3.63, 3.8) is 0 Å². The maximum absolute atomic E-state index is 13.7. The van der Waals surface area contributed by atoms with E-state index in [2.05, 4.69) is 5.32 Å². The summed E-state index contributed by atoms with van der Waals surface area (Å²) >= 11 is 0. The first-order valence-corrected chi connectivity index (χ1v) is 11.2. The van der Waals surface area contributed by atoms with Gasteiger partial charge in [0, 0.05) is 27.2 Å². The molecule has 1 unspecified atom stereocenters. The molecule has 2 heterocycles. The third kappa shape index (κ3) is 4.02. The van der Waals surface area contributed by atoms with Crippen molar-refractivity contribution in [2.24, 2.45) is 0 Å². The molecule has 1 N–H and O–H groups in total. The lowest BCUT2D eigenvalue weighted by molar-refractivity contribution is -0.199. The summed E-state index contributed by atoms with van der Waals surface area (Å²) in [7, 11) is 3.23. The molecule has 3 atom stereocenters. The molecule has 0 bridgehead atoms. The predicted octanol–water partition coefficient (Wildman–Crippen LogP) is 1.63. The molecule has 0 spiro atoms. The summed E-state index contributed by atoms with van der Waals surface area (Å²) in [4.78, 5) is 43.1. The Kier molecular flexibility index (Phi) is 6.53. The molecule has 2 aromatic rings. The van der Waals surface area contributed by atoms with E-state index in [1.807, 2.05) is 56.3 Å². The quantitative estimate of drug-likeness (QED) is 0.744. The number of urea groups is 1. The highest BCUT2D eigenvalue weighted by atomic mass is 16.5. The van der Waals surface area contributed by atoms with Crippen molar-refractivity contribution in [3.05, 3.63) is 48.0 Å². The Labute approximate surface area is 193 Å². The number of benzene rings is 2. The van der Waals surface area contributed by atoms with E-state index in [-0.39, 0.29) is 31.0 Å². The van der Waals surface area contributed by atoms with Gasteiger partial charge in [-0.1, -0.05) is 42.5 Å². The van der Waals surface area contributed by atoms with Crippen LogP contribution < -0.4 is 5.32 Å². The van der Waals surface area contributed by atoms with Crippen LogP contribution in [-0.4, -0.2) is 89.8 Å². The summed E-state index contributed by atoms with van der Waals surface area (Å²) in [6, 6.07) is 12.6. The molecule has 2 aliphatic heterocycles. The number of likely N-dealkylation sites (N-methyl/N-ethyl adjacent to an activating group) is 1. The number of rotatable bonds is 5. The molecular formula is C24H31N5O4. The van der Waals surface area contributed by atoms with Gasteiger partial charge in [0.2, 0.25) is 11.8 Å². The lowest BCUT2D eigenvalue weighted by Gasteiger charge is -2.57. The Balaban J connectivity index is 1.76. The molecule has 0 aliphatic carbocycles. The Bertz CT molecular complexity index is 1050. The first-order valence-electron chi connectivity index (χ1n) is 11.2. The lowest BCUT2D eigenvalue weighted by atomic mass is 9.98. The van der Waals surface area contributed by atoms with E-state index in [1.54, 1.807) is 22.0 Å². The lowest BCUT2D eigenvalue weighted by Crippen LogP contribution is -2.78. The van der Waals surface area contributed by atoms with Crippen molar-refractivity contribution in [1.29, 1.82) is 0 Å². The predicted molar refractivity (Wildman–Crippen MR) is 124 cm³/mol. The number of carbonyl (C=O) groups excluding carboxylic acids is 3. The third-order valence-corrected chi connectivity index (χ3v) is 6.46. The second-order valence-corrected chi connectivity index (χ2v) is 8.53. The van der Waals surface area contributed by atoms with Crippen LogP contribution in [0.3, 0.4) is 0 Å². The highest BCUT2D eigenvalue weighted by Gasteiger charge is 2.54. The second-order valence-electron chi connectivity index (χ2n) is 8.53. The number of hydrogen-bond acceptors (Lipinski definition) is 5. The van der Waals surface area contributed by atoms with Crippen molar-refractivity contribution in [2.75, 3.05) is 33.9 Å². The molecule has 2 aliphatic rings. The largest absolute Gasteiger partial charge is 0.382 e. The minimum Gasteiger partial charge on any atom is -0.382 e. The van der Waals surface area contributed by atoms with E-state index in [1.165, 1.54) is 12.0 Å². The van der Waals surface area contributed by atoms with Crippen LogP contribution >= 0.6 is 0 Å². The number of fused-ring (bicyclic) bond motifs is 2. The van der Waals surface area contributed by atoms with Crippen LogP contribution in [0, 0.1) is 0 Å². The van der Waals surface area contributed by atoms with E-state index in [9.17, 15) is 14.4 Å². The number of carbonyl (C=O) groups is 3. The highest BCUT2D eigenvalue weighted by Crippen LogP contribution is 2.32. The van der Waals surface area contributed by atoms with Crippen LogP contribution in [0.25, 0.3) is 10.8 Å². The minimum absolute atomic E-state index is 0.0111. The number of ether oxygens (including phenoxy) is 1. The van der Waals surface area contributed by atoms with Crippen molar-refractivity contribution in [3.8, 4) is 0 Å². The normalized spacial score (nSPS) is 23.8. The van der Waals surface area contributed by atoms with Crippen LogP contribution in [0.15, 0.2) is 42.5 Å². The third-order valence-electron chi connectivity index (χ3n) is 6.46. The average molecular weight is 454 g/mol. The molecular weight excluding hydrogens is 422 g/mol. The number of piperazine rings is 1. The van der Waals surface area contributed by atoms with Gasteiger partial charge in [-0.3, -0.25) is 9.59 Å². The van der Waals surface area contributed by atoms with Gasteiger partial charge in [0.05, 0.1) is 19.2 Å². The van der Waals surface area contributed by atoms with Gasteiger partial charge in [-0.05, 0) is 30.2 Å². The van der Waals surface area contributed by atoms with E-state index < -0.39 is 18.2 Å². The summed E-state index contributed by atoms with van der Waals surface area (Å²) in [6.07, 6.45) is -0.643. The van der Waals surface area contributed by atoms with Crippen LogP contribution in [0.1, 0.15) is 19.4 Å². The average Bonchev–Trinajstić information content (AvgIpc) is 2.79. The van der Waals surface area contributed by atoms with E-state index in [0.717, 1.165) is 16.3 Å². The van der Waals surface area contributed by atoms with Crippen LogP contribution in [-0.2, 0) is 20.9 Å². The molecule has 4 rings (SSSR count). The van der Waals surface area contributed by atoms with Gasteiger partial charge in [0.15, 0.2) is 0 Å². The zero-order valence-electron chi connectivity index (χ0n) is 19.5. The second kappa shape index (κ2) is 9.36. The number of hydrogen-bond donors (Lipinski definition) is 1. The van der Waals surface area contributed by atoms with Crippen LogP contribution in [0.5, 0.6) is 0 Å². The molecule has 0 radical (unpaired) electrons. The monoisotopic (exact) mass is 453 g/mol. The highest BCUT2D eigenvalue weighted by molar-refractivity contribution is 5.92. The molecule has 2 aromatic carbocycles. The topological polar surface area (TPSA) is 85.4 Å². The van der Waals surface area contributed by atoms with Gasteiger partial charge in [0.25, 0.3) is 0 Å². The summed E-state index contributed by atoms with van der Waals surface area (Å²) in [5.74, 6) is -0.377. The Hall–Kier alpha value is -3.17. The zero-order valence-corrected chi connectivity index (χ0v) is 19.5. The van der Waals surface area contributed by atoms with Crippen LogP contribution in [0.4, 0.5) is 4.79 Å². The number of nitrogens with zero attached hydrogens (tertiary/aromatic N) is 4. The first-order chi connectivity index (χ1) is 15.9. The molecule has 176 valence electrons. The fourth-order valence-corrected chi connectivity index (χ4v) is 4.94. The Morgan fingerprint density at radius 2 is 1.88 bits per heavy atom. The summed E-state index contributed by atoms with van der Waals surface area (Å²) in [5, 5.41) is 8.18. The molecule has 2 saturated heterocycles. The van der Waals surface area contributed by atoms with Crippen molar-refractivity contribution >= 4 is 28.6 Å². The first kappa shape index (κ1) is 23.0. The maximum Gasteiger partial charge on any atom is 0.333 e. The van der Waals surface area contributed by atoms with Crippen molar-refractivity contribution < 1.29 is 19.1 Å². The molecule has 4 amide bonds. The Morgan fingerprint density at radius 1 is 1.15 bits per heavy atom. The molecule has 33 heavy (non-hydrogen) atoms. The fraction of sp³-hybridized carbons (Fsp3) is 0.458. The zero-order chi connectivity index (χ0) is 23.7. The molecule has 9 nitrogen and oxygen atoms in total. The number of nitrogens with one attached hydrogen (secondary N) is 1. The van der Waals surface area contributed by atoms with E-state index in [4.69, 9.17) is 4.74 Å². The van der Waals surface area contributed by atoms with Gasteiger partial charge in [0.1, 0.15) is 12.2 Å². The fourth-order valence-electron chi connectivity index (χ4n) is 4.94. The van der Waals surface area contributed by atoms with Gasteiger partial charge in [-0.2, -0.15) is 0 Å². The van der Waals surface area contributed by atoms with Crippen LogP contribution in [0.2, 0.25) is 0 Å². The SMILES string of the molecule is CCNC(=O)N1C2[C@H](C)N(Cc3cccc4ccccc34)C(=O)[C@H](COC)N2C(=O)CN1C. The summed E-state index contributed by atoms with van der Waals surface area (Å²) in [6.45, 7) is 4.64. The number of hydrazine groups is 1. The molecule has 9 heteroatoms. The molecule has 0 saturated carbocycles. The van der Waals surface area contributed by atoms with Gasteiger partial charge in [-0.25, -0.2) is 14.8 Å². The standard InChI is InChI=1S/C24H31N5O4/c1-5-25-24(32)29-22-16(2)27(13-18-11-8-10-17-9-6-7-12-19(17)18)23(31)20(15-33-4)28(22)21(30)14-26(29)3/h6-12,16,20,22H,5,13-15H2,1-4H3,(H,25,32)/t16-,20-,22?/m0/s1. The van der Waals surface area contributed by atoms with E-state index in [0.29, 0.717) is 13.1 Å². The minimum atomic E-state index is -0.802. The van der Waals surface area contributed by atoms with Gasteiger partial charge < -0.3 is 19.9 Å². The van der Waals surface area contributed by atoms with Crippen molar-refractivity contribution in [2.45, 2.75) is 38.6 Å². The van der Waals surface area contributed by atoms with Gasteiger partial charge >= 0.3 is 6.03 Å². The van der Waals surface area contributed by atoms with Crippen molar-refractivity contribution in [1.82, 2.24) is 25.1 Å². The Morgan fingerprint density at radius 3 is 2.61 bits per heavy atom. The summed E-state index contributed by atoms with van der Waals surface area (Å²) in [5.41, 5.74) is 1.01. The van der Waals surface area contributed by atoms with Gasteiger partial charge in [-0.15, -0.1) is 0 Å². The number of methoxy groups -OCH3 is 1. The van der Waals surface area contributed by atoms with E-state index >= 15 is 0 Å². The molecule has 0 aromatic heterocycles. The summed E-state index contributed by atoms with van der Waals surface area (Å²) < 4.78 is 5.35. The number of amides is 4.